The van der Waals surface area contributed by atoms with Crippen LogP contribution in [0.5, 0.6) is 0 Å². The Balaban J connectivity index is 1.94. The molecule has 4 heteroatoms. The number of pyridine rings is 1. The second-order valence-electron chi connectivity index (χ2n) is 6.85. The van der Waals surface area contributed by atoms with E-state index in [-0.39, 0.29) is 6.61 Å². The molecule has 3 aromatic rings. The number of rotatable bonds is 3. The van der Waals surface area contributed by atoms with Crippen molar-refractivity contribution >= 4 is 22.7 Å². The first-order valence-electron chi connectivity index (χ1n) is 8.70. The number of hydrogen-bond acceptors (Lipinski definition) is 3. The Kier molecular flexibility index (Phi) is 4.15. The lowest BCUT2D eigenvalue weighted by Crippen LogP contribution is -2.26. The van der Waals surface area contributed by atoms with E-state index in [9.17, 15) is 5.11 Å². The standard InChI is InChI=1S/C21H23N3O/c1-15-3-4-20-18(11-15)19-13-23(2)10-7-21(19)24(20)12-17(14-25)16-5-8-22-9-6-16/h3-6,8-9,11-12,25H,7,10,13-14H2,1-2H3/b17-12+. The van der Waals surface area contributed by atoms with Crippen molar-refractivity contribution < 1.29 is 5.11 Å². The second kappa shape index (κ2) is 6.47. The van der Waals surface area contributed by atoms with Gasteiger partial charge in [0.15, 0.2) is 0 Å². The number of nitrogens with zero attached hydrogens (tertiary/aromatic N) is 3. The number of aliphatic hydroxyl groups excluding tert-OH is 1. The van der Waals surface area contributed by atoms with Gasteiger partial charge in [0.1, 0.15) is 0 Å². The van der Waals surface area contributed by atoms with Gasteiger partial charge in [0.25, 0.3) is 0 Å². The van der Waals surface area contributed by atoms with Crippen LogP contribution in [-0.4, -0.2) is 39.8 Å². The molecule has 25 heavy (non-hydrogen) atoms. The summed E-state index contributed by atoms with van der Waals surface area (Å²) in [5.74, 6) is 0. The predicted molar refractivity (Wildman–Crippen MR) is 102 cm³/mol. The van der Waals surface area contributed by atoms with Crippen LogP contribution in [0.3, 0.4) is 0 Å². The number of likely N-dealkylation sites (N-methyl/N-ethyl adjacent to an activating group) is 1. The van der Waals surface area contributed by atoms with Crippen molar-refractivity contribution in [3.05, 3.63) is 65.1 Å². The third-order valence-corrected chi connectivity index (χ3v) is 5.04. The third kappa shape index (κ3) is 2.88. The molecule has 1 aliphatic rings. The summed E-state index contributed by atoms with van der Waals surface area (Å²) in [5, 5.41) is 11.3. The summed E-state index contributed by atoms with van der Waals surface area (Å²) in [7, 11) is 2.17. The number of aromatic nitrogens is 2. The Morgan fingerprint density at radius 3 is 2.80 bits per heavy atom. The number of benzene rings is 1. The zero-order valence-electron chi connectivity index (χ0n) is 14.7. The Hall–Kier alpha value is -2.43. The SMILES string of the molecule is Cc1ccc2c(c1)c1c(n2/C=C(\CO)c2ccncc2)CCN(C)C1. The van der Waals surface area contributed by atoms with Crippen LogP contribution in [0.25, 0.3) is 22.7 Å². The van der Waals surface area contributed by atoms with Gasteiger partial charge >= 0.3 is 0 Å². The van der Waals surface area contributed by atoms with Crippen LogP contribution in [-0.2, 0) is 13.0 Å². The van der Waals surface area contributed by atoms with Crippen LogP contribution in [0.1, 0.15) is 22.4 Å². The minimum Gasteiger partial charge on any atom is -0.392 e. The molecule has 128 valence electrons. The first-order valence-corrected chi connectivity index (χ1v) is 8.70. The average molecular weight is 333 g/mol. The van der Waals surface area contributed by atoms with Gasteiger partial charge in [0, 0.05) is 54.8 Å². The maximum absolute atomic E-state index is 9.93. The van der Waals surface area contributed by atoms with E-state index in [2.05, 4.69) is 52.8 Å². The fourth-order valence-corrected chi connectivity index (χ4v) is 3.72. The Morgan fingerprint density at radius 1 is 1.24 bits per heavy atom. The molecular weight excluding hydrogens is 310 g/mol. The predicted octanol–water partition coefficient (Wildman–Crippen LogP) is 3.32. The lowest BCUT2D eigenvalue weighted by Gasteiger charge is -2.23. The van der Waals surface area contributed by atoms with Gasteiger partial charge in [0.2, 0.25) is 0 Å². The van der Waals surface area contributed by atoms with Crippen LogP contribution in [0.15, 0.2) is 42.7 Å². The molecular formula is C21H23N3O. The summed E-state index contributed by atoms with van der Waals surface area (Å²) < 4.78 is 2.28. The Bertz CT molecular complexity index is 941. The average Bonchev–Trinajstić information content (AvgIpc) is 2.92. The first kappa shape index (κ1) is 16.1. The summed E-state index contributed by atoms with van der Waals surface area (Å²) in [6.07, 6.45) is 6.64. The molecule has 3 heterocycles. The summed E-state index contributed by atoms with van der Waals surface area (Å²) in [6.45, 7) is 4.17. The normalized spacial score (nSPS) is 15.6. The van der Waals surface area contributed by atoms with Crippen LogP contribution < -0.4 is 0 Å². The number of hydrogen-bond donors (Lipinski definition) is 1. The molecule has 1 aliphatic heterocycles. The van der Waals surface area contributed by atoms with E-state index >= 15 is 0 Å². The maximum atomic E-state index is 9.93. The van der Waals surface area contributed by atoms with E-state index in [1.54, 1.807) is 12.4 Å². The lowest BCUT2D eigenvalue weighted by atomic mass is 10.0. The van der Waals surface area contributed by atoms with E-state index in [1.165, 1.54) is 27.7 Å². The van der Waals surface area contributed by atoms with Crippen molar-refractivity contribution in [3.63, 3.8) is 0 Å². The van der Waals surface area contributed by atoms with Crippen LogP contribution in [0, 0.1) is 6.92 Å². The Morgan fingerprint density at radius 2 is 2.04 bits per heavy atom. The summed E-state index contributed by atoms with van der Waals surface area (Å²) in [4.78, 5) is 6.45. The van der Waals surface area contributed by atoms with Gasteiger partial charge in [-0.05, 0) is 49.4 Å². The Labute approximate surface area is 148 Å². The van der Waals surface area contributed by atoms with Gasteiger partial charge < -0.3 is 14.6 Å². The van der Waals surface area contributed by atoms with E-state index in [4.69, 9.17) is 0 Å². The molecule has 0 bridgehead atoms. The first-order chi connectivity index (χ1) is 12.2. The molecule has 0 saturated carbocycles. The van der Waals surface area contributed by atoms with Gasteiger partial charge in [-0.15, -0.1) is 0 Å². The minimum absolute atomic E-state index is 0.00419. The summed E-state index contributed by atoms with van der Waals surface area (Å²) in [5.41, 5.74) is 7.18. The van der Waals surface area contributed by atoms with Crippen molar-refractivity contribution in [1.82, 2.24) is 14.5 Å². The fraction of sp³-hybridized carbons (Fsp3) is 0.286. The van der Waals surface area contributed by atoms with Gasteiger partial charge in [-0.3, -0.25) is 4.98 Å². The van der Waals surface area contributed by atoms with E-state index in [1.807, 2.05) is 12.1 Å². The molecule has 2 aromatic heterocycles. The van der Waals surface area contributed by atoms with Crippen LogP contribution in [0.4, 0.5) is 0 Å². The number of aryl methyl sites for hydroxylation is 1. The van der Waals surface area contributed by atoms with Crippen molar-refractivity contribution in [3.8, 4) is 0 Å². The lowest BCUT2D eigenvalue weighted by molar-refractivity contribution is 0.312. The van der Waals surface area contributed by atoms with Gasteiger partial charge in [-0.1, -0.05) is 11.6 Å². The van der Waals surface area contributed by atoms with Gasteiger partial charge in [-0.25, -0.2) is 0 Å². The quantitative estimate of drug-likeness (QED) is 0.799. The van der Waals surface area contributed by atoms with Crippen LogP contribution >= 0.6 is 0 Å². The van der Waals surface area contributed by atoms with Gasteiger partial charge in [0.05, 0.1) is 12.1 Å². The third-order valence-electron chi connectivity index (χ3n) is 5.04. The van der Waals surface area contributed by atoms with Gasteiger partial charge in [-0.2, -0.15) is 0 Å². The molecule has 1 aromatic carbocycles. The smallest absolute Gasteiger partial charge is 0.0702 e. The molecule has 0 amide bonds. The second-order valence-corrected chi connectivity index (χ2v) is 6.85. The molecule has 4 rings (SSSR count). The molecule has 0 spiro atoms. The molecule has 0 radical (unpaired) electrons. The highest BCUT2D eigenvalue weighted by Crippen LogP contribution is 2.32. The number of aliphatic hydroxyl groups is 1. The monoisotopic (exact) mass is 333 g/mol. The topological polar surface area (TPSA) is 41.3 Å². The van der Waals surface area contributed by atoms with Crippen LogP contribution in [0.2, 0.25) is 0 Å². The highest BCUT2D eigenvalue weighted by Gasteiger charge is 2.22. The molecule has 4 nitrogen and oxygen atoms in total. The molecule has 0 fully saturated rings. The summed E-state index contributed by atoms with van der Waals surface area (Å²) >= 11 is 0. The zero-order valence-corrected chi connectivity index (χ0v) is 14.7. The van der Waals surface area contributed by atoms with Crippen molar-refractivity contribution in [2.45, 2.75) is 19.9 Å². The molecule has 0 aliphatic carbocycles. The fourth-order valence-electron chi connectivity index (χ4n) is 3.72. The largest absolute Gasteiger partial charge is 0.392 e. The minimum atomic E-state index is 0.00419. The molecule has 0 unspecified atom stereocenters. The maximum Gasteiger partial charge on any atom is 0.0702 e. The zero-order chi connectivity index (χ0) is 17.4. The summed E-state index contributed by atoms with van der Waals surface area (Å²) in [6, 6.07) is 10.5. The van der Waals surface area contributed by atoms with E-state index in [0.29, 0.717) is 0 Å². The highest BCUT2D eigenvalue weighted by atomic mass is 16.3. The van der Waals surface area contributed by atoms with Crippen molar-refractivity contribution in [1.29, 1.82) is 0 Å². The molecule has 1 N–H and O–H groups in total. The van der Waals surface area contributed by atoms with Crippen molar-refractivity contribution in [2.24, 2.45) is 0 Å². The highest BCUT2D eigenvalue weighted by molar-refractivity contribution is 5.90. The van der Waals surface area contributed by atoms with E-state index in [0.717, 1.165) is 30.6 Å². The molecule has 0 saturated heterocycles. The van der Waals surface area contributed by atoms with Crippen molar-refractivity contribution in [2.75, 3.05) is 20.2 Å². The van der Waals surface area contributed by atoms with E-state index < -0.39 is 0 Å². The molecule has 0 atom stereocenters. The number of fused-ring (bicyclic) bond motifs is 3.